The average molecular weight is 518 g/mol. The molecule has 8 nitrogen and oxygen atoms in total. The number of rotatable bonds is 8. The van der Waals surface area contributed by atoms with Gasteiger partial charge >= 0.3 is 11.9 Å². The minimum absolute atomic E-state index is 0.401. The van der Waals surface area contributed by atoms with Gasteiger partial charge in [-0.15, -0.1) is 0 Å². The van der Waals surface area contributed by atoms with Crippen LogP contribution in [0.5, 0.6) is 17.2 Å². The fourth-order valence-electron chi connectivity index (χ4n) is 5.23. The maximum absolute atomic E-state index is 9.55. The van der Waals surface area contributed by atoms with Gasteiger partial charge in [-0.25, -0.2) is 9.59 Å². The van der Waals surface area contributed by atoms with E-state index in [-0.39, 0.29) is 0 Å². The van der Waals surface area contributed by atoms with Crippen LogP contribution < -0.4 is 14.2 Å². The topological polar surface area (TPSA) is 106 Å². The Bertz CT molecular complexity index is 1070. The molecule has 2 fully saturated rings. The number of ether oxygens (including phenoxy) is 3. The highest BCUT2D eigenvalue weighted by Crippen LogP contribution is 2.47. The van der Waals surface area contributed by atoms with Crippen molar-refractivity contribution in [3.8, 4) is 17.2 Å². The quantitative estimate of drug-likeness (QED) is 0.485. The van der Waals surface area contributed by atoms with Gasteiger partial charge in [0.2, 0.25) is 5.75 Å². The van der Waals surface area contributed by atoms with Gasteiger partial charge in [0, 0.05) is 35.2 Å². The van der Waals surface area contributed by atoms with E-state index in [0.717, 1.165) is 17.2 Å². The van der Waals surface area contributed by atoms with Crippen LogP contribution in [0.15, 0.2) is 54.6 Å². The van der Waals surface area contributed by atoms with Gasteiger partial charge in [-0.05, 0) is 62.1 Å². The number of carboxylic acids is 2. The largest absolute Gasteiger partial charge is 0.493 e. The average Bonchev–Trinajstić information content (AvgIpc) is 3.09. The molecule has 9 heteroatoms. The predicted octanol–water partition coefficient (Wildman–Crippen LogP) is 4.71. The molecule has 0 saturated carbocycles. The Labute approximate surface area is 216 Å². The first kappa shape index (κ1) is 27.4. The summed E-state index contributed by atoms with van der Waals surface area (Å²) >= 11 is 6.30. The van der Waals surface area contributed by atoms with Crippen LogP contribution in [-0.2, 0) is 9.59 Å². The van der Waals surface area contributed by atoms with Crippen molar-refractivity contribution in [3.05, 3.63) is 65.2 Å². The molecule has 0 aromatic heterocycles. The van der Waals surface area contributed by atoms with Gasteiger partial charge in [-0.1, -0.05) is 29.8 Å². The standard InChI is InChI=1S/C23H28ClNO3.C4H4O4/c1-25-17-10-11-20(25)19(18(13-17)15-6-4-7-16(24)12-15)14-28-22-9-5-8-21(26-2)23(22)27-3;5-3(6)1-2-4(7)8/h4-9,12,17-20H,10-11,13-14H2,1-3H3;1-2H,(H,5,6)(H,7,8)/b;2-1+/t17?,18-,19-,20?;/m1./s1. The third-order valence-corrected chi connectivity index (χ3v) is 7.11. The van der Waals surface area contributed by atoms with Gasteiger partial charge in [0.25, 0.3) is 0 Å². The number of halogens is 1. The molecule has 2 unspecified atom stereocenters. The highest BCUT2D eigenvalue weighted by atomic mass is 35.5. The normalized spacial score (nSPS) is 23.0. The summed E-state index contributed by atoms with van der Waals surface area (Å²) in [6, 6.07) is 15.3. The van der Waals surface area contributed by atoms with Gasteiger partial charge in [0.05, 0.1) is 20.8 Å². The number of carboxylic acid groups (broad SMARTS) is 2. The molecular weight excluding hydrogens is 486 g/mol. The summed E-state index contributed by atoms with van der Waals surface area (Å²) in [5.41, 5.74) is 1.32. The lowest BCUT2D eigenvalue weighted by atomic mass is 9.76. The molecule has 0 amide bonds. The number of carbonyl (C=O) groups is 2. The summed E-state index contributed by atoms with van der Waals surface area (Å²) < 4.78 is 17.3. The van der Waals surface area contributed by atoms with Crippen LogP contribution in [0, 0.1) is 5.92 Å². The van der Waals surface area contributed by atoms with Crippen molar-refractivity contribution in [3.63, 3.8) is 0 Å². The Morgan fingerprint density at radius 1 is 1.03 bits per heavy atom. The zero-order valence-corrected chi connectivity index (χ0v) is 21.4. The molecule has 36 heavy (non-hydrogen) atoms. The van der Waals surface area contributed by atoms with Crippen molar-refractivity contribution in [2.45, 2.75) is 37.3 Å². The number of hydrogen-bond donors (Lipinski definition) is 2. The molecule has 4 atom stereocenters. The van der Waals surface area contributed by atoms with Gasteiger partial charge < -0.3 is 29.3 Å². The predicted molar refractivity (Wildman–Crippen MR) is 136 cm³/mol. The van der Waals surface area contributed by atoms with Crippen LogP contribution in [0.1, 0.15) is 30.7 Å². The summed E-state index contributed by atoms with van der Waals surface area (Å²) in [5, 5.41) is 16.4. The number of fused-ring (bicyclic) bond motifs is 2. The number of piperidine rings is 1. The van der Waals surface area contributed by atoms with E-state index in [0.29, 0.717) is 54.2 Å². The molecule has 2 saturated heterocycles. The number of hydrogen-bond acceptors (Lipinski definition) is 6. The number of aliphatic carboxylic acids is 2. The zero-order chi connectivity index (χ0) is 26.2. The van der Waals surface area contributed by atoms with Gasteiger partial charge in [-0.2, -0.15) is 0 Å². The molecule has 194 valence electrons. The van der Waals surface area contributed by atoms with Gasteiger partial charge in [0.1, 0.15) is 0 Å². The molecule has 2 heterocycles. The number of para-hydroxylation sites is 1. The lowest BCUT2D eigenvalue weighted by molar-refractivity contribution is -0.134. The Morgan fingerprint density at radius 2 is 1.69 bits per heavy atom. The van der Waals surface area contributed by atoms with E-state index < -0.39 is 11.9 Å². The van der Waals surface area contributed by atoms with Crippen LogP contribution in [0.2, 0.25) is 5.02 Å². The van der Waals surface area contributed by atoms with E-state index >= 15 is 0 Å². The van der Waals surface area contributed by atoms with E-state index in [1.165, 1.54) is 18.4 Å². The van der Waals surface area contributed by atoms with E-state index in [1.54, 1.807) is 14.2 Å². The van der Waals surface area contributed by atoms with Crippen molar-refractivity contribution in [1.29, 1.82) is 0 Å². The molecule has 4 rings (SSSR count). The van der Waals surface area contributed by atoms with E-state index in [4.69, 9.17) is 36.0 Å². The first-order chi connectivity index (χ1) is 17.2. The Morgan fingerprint density at radius 3 is 2.31 bits per heavy atom. The second kappa shape index (κ2) is 12.6. The van der Waals surface area contributed by atoms with Crippen molar-refractivity contribution in [1.82, 2.24) is 4.90 Å². The minimum Gasteiger partial charge on any atom is -0.493 e. The number of benzene rings is 2. The molecule has 0 radical (unpaired) electrons. The fourth-order valence-corrected chi connectivity index (χ4v) is 5.42. The molecule has 2 aromatic rings. The Kier molecular flexibility index (Phi) is 9.61. The third kappa shape index (κ3) is 6.71. The molecule has 2 aliphatic rings. The summed E-state index contributed by atoms with van der Waals surface area (Å²) in [6.45, 7) is 0.641. The van der Waals surface area contributed by atoms with Crippen molar-refractivity contribution < 1.29 is 34.0 Å². The molecule has 2 bridgehead atoms. The second-order valence-corrected chi connectivity index (χ2v) is 9.27. The number of methoxy groups -OCH3 is 2. The zero-order valence-electron chi connectivity index (χ0n) is 20.6. The summed E-state index contributed by atoms with van der Waals surface area (Å²) in [6.07, 6.45) is 4.75. The van der Waals surface area contributed by atoms with Crippen molar-refractivity contribution in [2.75, 3.05) is 27.9 Å². The summed E-state index contributed by atoms with van der Waals surface area (Å²) in [4.78, 5) is 21.7. The fraction of sp³-hybridized carbons (Fsp3) is 0.407. The molecular formula is C27H32ClNO7. The third-order valence-electron chi connectivity index (χ3n) is 6.88. The summed E-state index contributed by atoms with van der Waals surface area (Å²) in [7, 11) is 5.55. The van der Waals surface area contributed by atoms with Crippen LogP contribution in [0.25, 0.3) is 0 Å². The van der Waals surface area contributed by atoms with Crippen LogP contribution >= 0.6 is 11.6 Å². The lowest BCUT2D eigenvalue weighted by Gasteiger charge is -2.43. The van der Waals surface area contributed by atoms with Crippen LogP contribution in [0.4, 0.5) is 0 Å². The first-order valence-electron chi connectivity index (χ1n) is 11.7. The maximum atomic E-state index is 9.55. The van der Waals surface area contributed by atoms with Crippen LogP contribution in [-0.4, -0.2) is 67.0 Å². The Balaban J connectivity index is 0.000000392. The smallest absolute Gasteiger partial charge is 0.328 e. The molecule has 2 N–H and O–H groups in total. The molecule has 0 spiro atoms. The van der Waals surface area contributed by atoms with Gasteiger partial charge in [-0.3, -0.25) is 0 Å². The van der Waals surface area contributed by atoms with Crippen molar-refractivity contribution in [2.24, 2.45) is 5.92 Å². The maximum Gasteiger partial charge on any atom is 0.328 e. The van der Waals surface area contributed by atoms with E-state index in [2.05, 4.69) is 30.1 Å². The molecule has 2 aliphatic heterocycles. The van der Waals surface area contributed by atoms with E-state index in [9.17, 15) is 9.59 Å². The summed E-state index contributed by atoms with van der Waals surface area (Å²) in [5.74, 6) is 0.405. The molecule has 2 aromatic carbocycles. The highest BCUT2D eigenvalue weighted by Gasteiger charge is 2.46. The molecule has 0 aliphatic carbocycles. The minimum atomic E-state index is -1.26. The van der Waals surface area contributed by atoms with Crippen molar-refractivity contribution >= 4 is 23.5 Å². The van der Waals surface area contributed by atoms with Gasteiger partial charge in [0.15, 0.2) is 11.5 Å². The van der Waals surface area contributed by atoms with Crippen LogP contribution in [0.3, 0.4) is 0 Å². The monoisotopic (exact) mass is 517 g/mol. The second-order valence-electron chi connectivity index (χ2n) is 8.84. The lowest BCUT2D eigenvalue weighted by Crippen LogP contribution is -2.47. The Hall–Kier alpha value is -3.23. The number of nitrogens with zero attached hydrogens (tertiary/aromatic N) is 1. The highest BCUT2D eigenvalue weighted by molar-refractivity contribution is 6.30. The first-order valence-corrected chi connectivity index (χ1v) is 12.1. The SMILES string of the molecule is COc1cccc(OC[C@H]2C3CCC(C[C@@H]2c2cccc(Cl)c2)N3C)c1OC.O=C(O)/C=C/C(=O)O. The van der Waals surface area contributed by atoms with E-state index in [1.807, 2.05) is 24.3 Å².